The van der Waals surface area contributed by atoms with Gasteiger partial charge in [0.15, 0.2) is 0 Å². The highest BCUT2D eigenvalue weighted by Gasteiger charge is 2.07. The molecule has 1 rings (SSSR count). The normalized spacial score (nSPS) is 15.4. The Kier molecular flexibility index (Phi) is 3.76. The second-order valence-electron chi connectivity index (χ2n) is 3.54. The Balaban J connectivity index is 2.66. The van der Waals surface area contributed by atoms with E-state index in [4.69, 9.17) is 11.6 Å². The number of hydrogen-bond donors (Lipinski definition) is 1. The molecule has 2 atom stereocenters. The van der Waals surface area contributed by atoms with Gasteiger partial charge in [-0.2, -0.15) is 0 Å². The van der Waals surface area contributed by atoms with Gasteiger partial charge in [-0.05, 0) is 37.0 Å². The first kappa shape index (κ1) is 10.6. The average molecular weight is 199 g/mol. The highest BCUT2D eigenvalue weighted by molar-refractivity contribution is 6.30. The molecule has 2 unspecified atom stereocenters. The van der Waals surface area contributed by atoms with Crippen LogP contribution in [0.5, 0.6) is 0 Å². The topological polar surface area (TPSA) is 20.2 Å². The van der Waals surface area contributed by atoms with Crippen molar-refractivity contribution in [3.05, 3.63) is 34.9 Å². The molecule has 1 N–H and O–H groups in total. The highest BCUT2D eigenvalue weighted by Crippen LogP contribution is 2.22. The first-order chi connectivity index (χ1) is 6.09. The molecule has 0 spiro atoms. The molecule has 1 aromatic carbocycles. The third-order valence-electron chi connectivity index (χ3n) is 2.13. The van der Waals surface area contributed by atoms with Gasteiger partial charge in [-0.3, -0.25) is 0 Å². The highest BCUT2D eigenvalue weighted by atomic mass is 35.5. The van der Waals surface area contributed by atoms with Crippen molar-refractivity contribution in [2.45, 2.75) is 32.3 Å². The fraction of sp³-hybridized carbons (Fsp3) is 0.455. The van der Waals surface area contributed by atoms with Crippen molar-refractivity contribution in [3.63, 3.8) is 0 Å². The molecule has 0 saturated carbocycles. The molecule has 0 aliphatic carbocycles. The molecule has 2 heteroatoms. The summed E-state index contributed by atoms with van der Waals surface area (Å²) in [6.07, 6.45) is 0.549. The van der Waals surface area contributed by atoms with Crippen LogP contribution in [0.3, 0.4) is 0 Å². The van der Waals surface area contributed by atoms with Crippen molar-refractivity contribution in [1.82, 2.24) is 0 Å². The predicted octanol–water partition coefficient (Wildman–Crippen LogP) is 3.21. The lowest BCUT2D eigenvalue weighted by Gasteiger charge is -2.13. The van der Waals surface area contributed by atoms with E-state index in [2.05, 4.69) is 6.92 Å². The smallest absolute Gasteiger partial charge is 0.0517 e. The number of aliphatic hydroxyl groups is 1. The van der Waals surface area contributed by atoms with Crippen LogP contribution in [0.15, 0.2) is 24.3 Å². The van der Waals surface area contributed by atoms with Crippen molar-refractivity contribution >= 4 is 11.6 Å². The summed E-state index contributed by atoms with van der Waals surface area (Å²) in [7, 11) is 0. The van der Waals surface area contributed by atoms with Crippen molar-refractivity contribution in [1.29, 1.82) is 0 Å². The minimum Gasteiger partial charge on any atom is -0.393 e. The maximum absolute atomic E-state index is 9.21. The van der Waals surface area contributed by atoms with Crippen molar-refractivity contribution in [2.75, 3.05) is 0 Å². The lowest BCUT2D eigenvalue weighted by Crippen LogP contribution is -2.05. The molecular weight excluding hydrogens is 184 g/mol. The lowest BCUT2D eigenvalue weighted by molar-refractivity contribution is 0.176. The molecule has 0 aliphatic heterocycles. The van der Waals surface area contributed by atoms with Crippen molar-refractivity contribution < 1.29 is 5.11 Å². The SMILES string of the molecule is CC(O)CC(C)c1ccc(Cl)cc1. The van der Waals surface area contributed by atoms with Gasteiger partial charge in [0.25, 0.3) is 0 Å². The van der Waals surface area contributed by atoms with Crippen molar-refractivity contribution in [3.8, 4) is 0 Å². The van der Waals surface area contributed by atoms with Crippen molar-refractivity contribution in [2.24, 2.45) is 0 Å². The van der Waals surface area contributed by atoms with Crippen LogP contribution in [0.1, 0.15) is 31.7 Å². The Labute approximate surface area is 84.4 Å². The summed E-state index contributed by atoms with van der Waals surface area (Å²) >= 11 is 5.77. The molecule has 13 heavy (non-hydrogen) atoms. The van der Waals surface area contributed by atoms with Gasteiger partial charge in [-0.25, -0.2) is 0 Å². The molecule has 0 aromatic heterocycles. The molecule has 0 saturated heterocycles. The summed E-state index contributed by atoms with van der Waals surface area (Å²) in [5.74, 6) is 0.386. The first-order valence-corrected chi connectivity index (χ1v) is 4.91. The molecule has 0 radical (unpaired) electrons. The number of aliphatic hydroxyl groups excluding tert-OH is 1. The van der Waals surface area contributed by atoms with Crippen LogP contribution >= 0.6 is 11.6 Å². The number of hydrogen-bond acceptors (Lipinski definition) is 1. The zero-order valence-electron chi connectivity index (χ0n) is 8.00. The third kappa shape index (κ3) is 3.37. The second-order valence-corrected chi connectivity index (χ2v) is 3.97. The van der Waals surface area contributed by atoms with Gasteiger partial charge >= 0.3 is 0 Å². The van der Waals surface area contributed by atoms with E-state index in [1.807, 2.05) is 31.2 Å². The maximum Gasteiger partial charge on any atom is 0.0517 e. The molecule has 1 aromatic rings. The minimum atomic E-state index is -0.245. The zero-order valence-corrected chi connectivity index (χ0v) is 8.75. The predicted molar refractivity (Wildman–Crippen MR) is 56.2 cm³/mol. The number of benzene rings is 1. The maximum atomic E-state index is 9.21. The molecule has 0 bridgehead atoms. The first-order valence-electron chi connectivity index (χ1n) is 4.53. The monoisotopic (exact) mass is 198 g/mol. The average Bonchev–Trinajstić information content (AvgIpc) is 2.04. The third-order valence-corrected chi connectivity index (χ3v) is 2.39. The summed E-state index contributed by atoms with van der Waals surface area (Å²) in [6, 6.07) is 7.79. The van der Waals surface area contributed by atoms with Gasteiger partial charge in [-0.15, -0.1) is 0 Å². The lowest BCUT2D eigenvalue weighted by atomic mass is 9.96. The fourth-order valence-corrected chi connectivity index (χ4v) is 1.57. The van der Waals surface area contributed by atoms with Crippen LogP contribution < -0.4 is 0 Å². The quantitative estimate of drug-likeness (QED) is 0.791. The molecule has 0 heterocycles. The summed E-state index contributed by atoms with van der Waals surface area (Å²) < 4.78 is 0. The second kappa shape index (κ2) is 4.64. The van der Waals surface area contributed by atoms with Gasteiger partial charge in [-0.1, -0.05) is 30.7 Å². The van der Waals surface area contributed by atoms with Crippen LogP contribution in [0.4, 0.5) is 0 Å². The Hall–Kier alpha value is -0.530. The minimum absolute atomic E-state index is 0.245. The molecule has 0 aliphatic rings. The van der Waals surface area contributed by atoms with Gasteiger partial charge in [0.2, 0.25) is 0 Å². The Morgan fingerprint density at radius 1 is 1.23 bits per heavy atom. The van der Waals surface area contributed by atoms with Crippen LogP contribution in [-0.2, 0) is 0 Å². The van der Waals surface area contributed by atoms with Gasteiger partial charge in [0.05, 0.1) is 6.10 Å². The van der Waals surface area contributed by atoms with Crippen LogP contribution in [-0.4, -0.2) is 11.2 Å². The van der Waals surface area contributed by atoms with Crippen LogP contribution in [0.25, 0.3) is 0 Å². The molecule has 0 fully saturated rings. The van der Waals surface area contributed by atoms with E-state index in [9.17, 15) is 5.11 Å². The fourth-order valence-electron chi connectivity index (χ4n) is 1.44. The van der Waals surface area contributed by atoms with E-state index in [0.29, 0.717) is 5.92 Å². The standard InChI is InChI=1S/C11H15ClO/c1-8(7-9(2)13)10-3-5-11(12)6-4-10/h3-6,8-9,13H,7H2,1-2H3. The van der Waals surface area contributed by atoms with E-state index >= 15 is 0 Å². The van der Waals surface area contributed by atoms with E-state index in [-0.39, 0.29) is 6.10 Å². The summed E-state index contributed by atoms with van der Waals surface area (Å²) in [6.45, 7) is 3.92. The summed E-state index contributed by atoms with van der Waals surface area (Å²) in [4.78, 5) is 0. The Bertz CT molecular complexity index is 253. The Morgan fingerprint density at radius 3 is 2.23 bits per heavy atom. The van der Waals surface area contributed by atoms with Crippen LogP contribution in [0, 0.1) is 0 Å². The van der Waals surface area contributed by atoms with Crippen LogP contribution in [0.2, 0.25) is 5.02 Å². The molecule has 0 amide bonds. The van der Waals surface area contributed by atoms with E-state index < -0.39 is 0 Å². The molecule has 72 valence electrons. The number of rotatable bonds is 3. The summed E-state index contributed by atoms with van der Waals surface area (Å²) in [5, 5.41) is 9.97. The Morgan fingerprint density at radius 2 is 1.77 bits per heavy atom. The summed E-state index contributed by atoms with van der Waals surface area (Å²) in [5.41, 5.74) is 1.23. The zero-order chi connectivity index (χ0) is 9.84. The number of halogens is 1. The van der Waals surface area contributed by atoms with E-state index in [1.54, 1.807) is 0 Å². The van der Waals surface area contributed by atoms with Gasteiger partial charge in [0, 0.05) is 5.02 Å². The molecule has 1 nitrogen and oxygen atoms in total. The molecular formula is C11H15ClO. The van der Waals surface area contributed by atoms with E-state index in [0.717, 1.165) is 11.4 Å². The largest absolute Gasteiger partial charge is 0.393 e. The van der Waals surface area contributed by atoms with E-state index in [1.165, 1.54) is 5.56 Å². The van der Waals surface area contributed by atoms with Gasteiger partial charge in [0.1, 0.15) is 0 Å². The van der Waals surface area contributed by atoms with Gasteiger partial charge < -0.3 is 5.11 Å².